The first kappa shape index (κ1) is 14.6. The molecule has 0 spiro atoms. The molecule has 0 aromatic carbocycles. The molecule has 108 valence electrons. The van der Waals surface area contributed by atoms with Crippen molar-refractivity contribution in [1.82, 2.24) is 5.32 Å². The summed E-state index contributed by atoms with van der Waals surface area (Å²) in [6.07, 6.45) is 1.23. The van der Waals surface area contributed by atoms with Crippen molar-refractivity contribution in [3.63, 3.8) is 0 Å². The third-order valence-corrected chi connectivity index (χ3v) is 4.31. The molecule has 0 saturated heterocycles. The Morgan fingerprint density at radius 2 is 2.16 bits per heavy atom. The Kier molecular flexibility index (Phi) is 4.66. The number of furan rings is 1. The minimum absolute atomic E-state index is 0.0202. The van der Waals surface area contributed by atoms with Crippen LogP contribution in [0.25, 0.3) is 0 Å². The van der Waals surface area contributed by atoms with Crippen LogP contribution in [-0.2, 0) is 0 Å². The fourth-order valence-electron chi connectivity index (χ4n) is 2.38. The van der Waals surface area contributed by atoms with Crippen LogP contribution in [0.1, 0.15) is 50.7 Å². The third kappa shape index (κ3) is 3.38. The van der Waals surface area contributed by atoms with Gasteiger partial charge in [-0.15, -0.1) is 0 Å². The molecular formula is C15H26N2O2. The summed E-state index contributed by atoms with van der Waals surface area (Å²) in [5.74, 6) is 3.55. The molecule has 1 fully saturated rings. The summed E-state index contributed by atoms with van der Waals surface area (Å²) in [7, 11) is 0. The molecule has 4 N–H and O–H groups in total. The summed E-state index contributed by atoms with van der Waals surface area (Å²) < 4.78 is 5.94. The van der Waals surface area contributed by atoms with E-state index in [1.165, 1.54) is 6.42 Å². The van der Waals surface area contributed by atoms with E-state index in [0.717, 1.165) is 17.4 Å². The van der Waals surface area contributed by atoms with Crippen molar-refractivity contribution < 1.29 is 9.52 Å². The lowest BCUT2D eigenvalue weighted by molar-refractivity contribution is 0.198. The molecule has 4 heteroatoms. The Bertz CT molecular complexity index is 405. The van der Waals surface area contributed by atoms with Crippen molar-refractivity contribution in [3.05, 3.63) is 23.7 Å². The number of hydrogen-bond acceptors (Lipinski definition) is 4. The molecule has 0 bridgehead atoms. The number of aliphatic hydroxyl groups is 1. The van der Waals surface area contributed by atoms with Gasteiger partial charge in [-0.3, -0.25) is 0 Å². The van der Waals surface area contributed by atoms with E-state index >= 15 is 0 Å². The highest BCUT2D eigenvalue weighted by Gasteiger charge is 2.37. The number of hydrogen-bond donors (Lipinski definition) is 3. The van der Waals surface area contributed by atoms with Crippen molar-refractivity contribution >= 4 is 0 Å². The number of nitrogens with two attached hydrogens (primary N) is 1. The molecule has 1 aromatic heterocycles. The quantitative estimate of drug-likeness (QED) is 0.706. The van der Waals surface area contributed by atoms with Gasteiger partial charge in [0.15, 0.2) is 0 Å². The van der Waals surface area contributed by atoms with Gasteiger partial charge in [0.25, 0.3) is 0 Å². The van der Waals surface area contributed by atoms with Crippen LogP contribution in [0.15, 0.2) is 16.5 Å². The second kappa shape index (κ2) is 6.07. The first-order chi connectivity index (χ1) is 9.06. The normalized spacial score (nSPS) is 27.0. The van der Waals surface area contributed by atoms with Gasteiger partial charge in [-0.25, -0.2) is 0 Å². The highest BCUT2D eigenvalue weighted by molar-refractivity contribution is 5.19. The van der Waals surface area contributed by atoms with E-state index in [1.807, 2.05) is 13.0 Å². The maximum absolute atomic E-state index is 9.18. The van der Waals surface area contributed by atoms with E-state index in [0.29, 0.717) is 12.5 Å². The van der Waals surface area contributed by atoms with Gasteiger partial charge in [-0.2, -0.15) is 0 Å². The van der Waals surface area contributed by atoms with E-state index in [9.17, 15) is 5.11 Å². The predicted octanol–water partition coefficient (Wildman–Crippen LogP) is 2.01. The highest BCUT2D eigenvalue weighted by Crippen LogP contribution is 2.47. The summed E-state index contributed by atoms with van der Waals surface area (Å²) in [4.78, 5) is 0. The molecule has 1 heterocycles. The molecule has 1 saturated carbocycles. The summed E-state index contributed by atoms with van der Waals surface area (Å²) >= 11 is 0. The summed E-state index contributed by atoms with van der Waals surface area (Å²) in [5, 5.41) is 12.6. The highest BCUT2D eigenvalue weighted by atomic mass is 16.3. The van der Waals surface area contributed by atoms with Crippen LogP contribution in [0.4, 0.5) is 0 Å². The van der Waals surface area contributed by atoms with Crippen molar-refractivity contribution in [2.45, 2.75) is 45.2 Å². The molecule has 1 aliphatic carbocycles. The lowest BCUT2D eigenvalue weighted by atomic mass is 10.0. The molecule has 4 nitrogen and oxygen atoms in total. The summed E-state index contributed by atoms with van der Waals surface area (Å²) in [5.41, 5.74) is 5.84. The molecule has 1 aliphatic rings. The predicted molar refractivity (Wildman–Crippen MR) is 75.9 cm³/mol. The van der Waals surface area contributed by atoms with Gasteiger partial charge in [0, 0.05) is 25.1 Å². The first-order valence-corrected chi connectivity index (χ1v) is 7.23. The maximum Gasteiger partial charge on any atom is 0.122 e. The topological polar surface area (TPSA) is 71.4 Å². The van der Waals surface area contributed by atoms with E-state index in [2.05, 4.69) is 25.2 Å². The van der Waals surface area contributed by atoms with E-state index in [4.69, 9.17) is 10.2 Å². The van der Waals surface area contributed by atoms with Gasteiger partial charge >= 0.3 is 0 Å². The van der Waals surface area contributed by atoms with Gasteiger partial charge in [0.05, 0.1) is 6.04 Å². The standard InChI is InChI=1S/C15H26N2O2/c1-9-6-12(9)14-4-5-15(19-14)13(7-16)17-11(3)10(2)8-18/h4-5,9-13,17-18H,6-8,16H2,1-3H3. The van der Waals surface area contributed by atoms with Crippen LogP contribution >= 0.6 is 0 Å². The molecule has 5 atom stereocenters. The summed E-state index contributed by atoms with van der Waals surface area (Å²) in [6, 6.07) is 4.33. The lowest BCUT2D eigenvalue weighted by Gasteiger charge is -2.24. The van der Waals surface area contributed by atoms with Gasteiger partial charge in [0.2, 0.25) is 0 Å². The van der Waals surface area contributed by atoms with E-state index in [-0.39, 0.29) is 24.6 Å². The number of nitrogens with one attached hydrogen (secondary N) is 1. The van der Waals surface area contributed by atoms with Crippen LogP contribution in [0.5, 0.6) is 0 Å². The largest absolute Gasteiger partial charge is 0.464 e. The van der Waals surface area contributed by atoms with Crippen LogP contribution in [0.2, 0.25) is 0 Å². The first-order valence-electron chi connectivity index (χ1n) is 7.23. The maximum atomic E-state index is 9.18. The average molecular weight is 266 g/mol. The fourth-order valence-corrected chi connectivity index (χ4v) is 2.38. The zero-order chi connectivity index (χ0) is 14.0. The minimum atomic E-state index is 0.0202. The van der Waals surface area contributed by atoms with Gasteiger partial charge < -0.3 is 20.6 Å². The summed E-state index contributed by atoms with van der Waals surface area (Å²) in [6.45, 7) is 7.00. The molecule has 0 radical (unpaired) electrons. The SMILES string of the molecule is CC(CO)C(C)NC(CN)c1ccc(C2CC2C)o1. The lowest BCUT2D eigenvalue weighted by Crippen LogP contribution is -2.39. The molecule has 0 aliphatic heterocycles. The number of rotatable bonds is 7. The molecule has 0 amide bonds. The van der Waals surface area contributed by atoms with Gasteiger partial charge in [-0.1, -0.05) is 13.8 Å². The monoisotopic (exact) mass is 266 g/mol. The van der Waals surface area contributed by atoms with E-state index in [1.54, 1.807) is 0 Å². The smallest absolute Gasteiger partial charge is 0.122 e. The van der Waals surface area contributed by atoms with Crippen LogP contribution < -0.4 is 11.1 Å². The van der Waals surface area contributed by atoms with Crippen LogP contribution in [0.3, 0.4) is 0 Å². The van der Waals surface area contributed by atoms with E-state index < -0.39 is 0 Å². The third-order valence-electron chi connectivity index (χ3n) is 4.31. The van der Waals surface area contributed by atoms with Gasteiger partial charge in [0.1, 0.15) is 11.5 Å². The van der Waals surface area contributed by atoms with Crippen LogP contribution in [-0.4, -0.2) is 24.3 Å². The molecule has 2 rings (SSSR count). The Labute approximate surface area is 115 Å². The van der Waals surface area contributed by atoms with Crippen LogP contribution in [0, 0.1) is 11.8 Å². The fraction of sp³-hybridized carbons (Fsp3) is 0.733. The van der Waals surface area contributed by atoms with Crippen molar-refractivity contribution in [1.29, 1.82) is 0 Å². The van der Waals surface area contributed by atoms with Crippen molar-refractivity contribution in [2.24, 2.45) is 17.6 Å². The molecular weight excluding hydrogens is 240 g/mol. The second-order valence-corrected chi connectivity index (χ2v) is 5.96. The molecule has 1 aromatic rings. The second-order valence-electron chi connectivity index (χ2n) is 5.96. The molecule has 19 heavy (non-hydrogen) atoms. The zero-order valence-electron chi connectivity index (χ0n) is 12.1. The number of aliphatic hydroxyl groups excluding tert-OH is 1. The van der Waals surface area contributed by atoms with Crippen molar-refractivity contribution in [3.8, 4) is 0 Å². The Balaban J connectivity index is 1.99. The van der Waals surface area contributed by atoms with Gasteiger partial charge in [-0.05, 0) is 37.3 Å². The Morgan fingerprint density at radius 1 is 1.47 bits per heavy atom. The average Bonchev–Trinajstić information content (AvgIpc) is 2.94. The Morgan fingerprint density at radius 3 is 2.68 bits per heavy atom. The van der Waals surface area contributed by atoms with Crippen molar-refractivity contribution in [2.75, 3.05) is 13.2 Å². The Hall–Kier alpha value is -0.840. The minimum Gasteiger partial charge on any atom is -0.464 e. The zero-order valence-corrected chi connectivity index (χ0v) is 12.1. The molecule has 5 unspecified atom stereocenters.